The van der Waals surface area contributed by atoms with Crippen LogP contribution in [0.4, 0.5) is 0 Å². The molecule has 0 saturated carbocycles. The van der Waals surface area contributed by atoms with Gasteiger partial charge in [0.1, 0.15) is 0 Å². The van der Waals surface area contributed by atoms with Crippen LogP contribution in [0.2, 0.25) is 0 Å². The summed E-state index contributed by atoms with van der Waals surface area (Å²) >= 11 is 0. The van der Waals surface area contributed by atoms with E-state index in [1.807, 2.05) is 4.90 Å². The molecule has 12 heavy (non-hydrogen) atoms. The molecule has 0 unspecified atom stereocenters. The molecule has 0 aromatic heterocycles. The first-order valence-corrected chi connectivity index (χ1v) is 4.23. The van der Waals surface area contributed by atoms with E-state index in [0.717, 1.165) is 19.5 Å². The Morgan fingerprint density at radius 2 is 2.17 bits per heavy atom. The van der Waals surface area contributed by atoms with Gasteiger partial charge in [-0.1, -0.05) is 6.92 Å². The second kappa shape index (κ2) is 7.06. The lowest BCUT2D eigenvalue weighted by Crippen LogP contribution is -2.35. The van der Waals surface area contributed by atoms with Gasteiger partial charge in [-0.2, -0.15) is 0 Å². The topological polar surface area (TPSA) is 55.6 Å². The lowest BCUT2D eigenvalue weighted by Gasteiger charge is -2.18. The fraction of sp³-hybridized carbons (Fsp3) is 0.875. The maximum absolute atomic E-state index is 10.9. The van der Waals surface area contributed by atoms with Gasteiger partial charge in [-0.15, -0.1) is 0 Å². The lowest BCUT2D eigenvalue weighted by molar-refractivity contribution is -0.141. The molecule has 0 spiro atoms. The standard InChI is InChI=1S/C8H18N2O2/c1-3-5-10(6-4-9)7-8(11)12-2/h3-7,9H2,1-2H3. The number of hydrogen-bond acceptors (Lipinski definition) is 4. The normalized spacial score (nSPS) is 10.3. The van der Waals surface area contributed by atoms with Gasteiger partial charge in [-0.05, 0) is 13.0 Å². The van der Waals surface area contributed by atoms with Crippen LogP contribution in [0.1, 0.15) is 13.3 Å². The highest BCUT2D eigenvalue weighted by molar-refractivity contribution is 5.71. The van der Waals surface area contributed by atoms with Crippen molar-refractivity contribution in [2.24, 2.45) is 5.73 Å². The van der Waals surface area contributed by atoms with Gasteiger partial charge in [0.2, 0.25) is 0 Å². The molecule has 0 rings (SSSR count). The minimum absolute atomic E-state index is 0.197. The van der Waals surface area contributed by atoms with Gasteiger partial charge in [-0.25, -0.2) is 0 Å². The second-order valence-electron chi connectivity index (χ2n) is 2.64. The first-order valence-electron chi connectivity index (χ1n) is 4.23. The number of nitrogens with zero attached hydrogens (tertiary/aromatic N) is 1. The van der Waals surface area contributed by atoms with Crippen molar-refractivity contribution in [2.45, 2.75) is 13.3 Å². The van der Waals surface area contributed by atoms with Crippen molar-refractivity contribution in [1.29, 1.82) is 0 Å². The van der Waals surface area contributed by atoms with Crippen LogP contribution in [0.25, 0.3) is 0 Å². The minimum atomic E-state index is -0.197. The van der Waals surface area contributed by atoms with Gasteiger partial charge in [0.05, 0.1) is 13.7 Å². The number of nitrogens with two attached hydrogens (primary N) is 1. The Bertz CT molecular complexity index is 122. The van der Waals surface area contributed by atoms with E-state index in [1.54, 1.807) is 0 Å². The molecule has 0 atom stereocenters. The van der Waals surface area contributed by atoms with Gasteiger partial charge < -0.3 is 10.5 Å². The first kappa shape index (κ1) is 11.4. The Balaban J connectivity index is 3.68. The average Bonchev–Trinajstić information content (AvgIpc) is 2.05. The van der Waals surface area contributed by atoms with Crippen LogP contribution >= 0.6 is 0 Å². The molecule has 0 aromatic carbocycles. The summed E-state index contributed by atoms with van der Waals surface area (Å²) in [4.78, 5) is 12.9. The van der Waals surface area contributed by atoms with E-state index in [-0.39, 0.29) is 5.97 Å². The van der Waals surface area contributed by atoms with E-state index in [1.165, 1.54) is 7.11 Å². The Morgan fingerprint density at radius 1 is 1.50 bits per heavy atom. The van der Waals surface area contributed by atoms with Crippen molar-refractivity contribution in [2.75, 3.05) is 33.3 Å². The van der Waals surface area contributed by atoms with E-state index in [9.17, 15) is 4.79 Å². The lowest BCUT2D eigenvalue weighted by atomic mass is 10.4. The Kier molecular flexibility index (Phi) is 6.70. The minimum Gasteiger partial charge on any atom is -0.468 e. The van der Waals surface area contributed by atoms with Crippen LogP contribution in [0, 0.1) is 0 Å². The highest BCUT2D eigenvalue weighted by atomic mass is 16.5. The predicted octanol–water partition coefficient (Wildman–Crippen LogP) is -0.170. The summed E-state index contributed by atoms with van der Waals surface area (Å²) in [6.07, 6.45) is 1.02. The van der Waals surface area contributed by atoms with Gasteiger partial charge >= 0.3 is 5.97 Å². The molecule has 2 N–H and O–H groups in total. The van der Waals surface area contributed by atoms with Crippen LogP contribution in [-0.4, -0.2) is 44.2 Å². The fourth-order valence-corrected chi connectivity index (χ4v) is 1.02. The maximum Gasteiger partial charge on any atom is 0.319 e. The van der Waals surface area contributed by atoms with Gasteiger partial charge in [0, 0.05) is 13.1 Å². The van der Waals surface area contributed by atoms with E-state index in [0.29, 0.717) is 13.1 Å². The average molecular weight is 174 g/mol. The third-order valence-corrected chi connectivity index (χ3v) is 1.57. The third kappa shape index (κ3) is 5.09. The first-order chi connectivity index (χ1) is 5.74. The van der Waals surface area contributed by atoms with Crippen LogP contribution in [-0.2, 0) is 9.53 Å². The largest absolute Gasteiger partial charge is 0.468 e. The number of ether oxygens (including phenoxy) is 1. The molecule has 0 saturated heterocycles. The van der Waals surface area contributed by atoms with Crippen molar-refractivity contribution in [3.8, 4) is 0 Å². The van der Waals surface area contributed by atoms with Gasteiger partial charge in [0.25, 0.3) is 0 Å². The SMILES string of the molecule is CCCN(CCN)CC(=O)OC. The molecule has 0 heterocycles. The zero-order valence-electron chi connectivity index (χ0n) is 7.88. The summed E-state index contributed by atoms with van der Waals surface area (Å²) in [5, 5.41) is 0. The van der Waals surface area contributed by atoms with Crippen LogP contribution in [0.5, 0.6) is 0 Å². The number of carbonyl (C=O) groups excluding carboxylic acids is 1. The fourth-order valence-electron chi connectivity index (χ4n) is 1.02. The Hall–Kier alpha value is -0.610. The van der Waals surface area contributed by atoms with E-state index in [2.05, 4.69) is 11.7 Å². The van der Waals surface area contributed by atoms with Crippen molar-refractivity contribution in [3.63, 3.8) is 0 Å². The van der Waals surface area contributed by atoms with Gasteiger partial charge in [0.15, 0.2) is 0 Å². The van der Waals surface area contributed by atoms with E-state index < -0.39 is 0 Å². The molecule has 72 valence electrons. The summed E-state index contributed by atoms with van der Waals surface area (Å²) in [5.41, 5.74) is 5.38. The van der Waals surface area contributed by atoms with Crippen molar-refractivity contribution >= 4 is 5.97 Å². The maximum atomic E-state index is 10.9. The third-order valence-electron chi connectivity index (χ3n) is 1.57. The molecule has 4 nitrogen and oxygen atoms in total. The van der Waals surface area contributed by atoms with Crippen molar-refractivity contribution < 1.29 is 9.53 Å². The van der Waals surface area contributed by atoms with Crippen LogP contribution in [0.15, 0.2) is 0 Å². The van der Waals surface area contributed by atoms with Crippen LogP contribution < -0.4 is 5.73 Å². The molecular weight excluding hydrogens is 156 g/mol. The Morgan fingerprint density at radius 3 is 2.58 bits per heavy atom. The molecule has 0 aromatic rings. The molecule has 4 heteroatoms. The second-order valence-corrected chi connectivity index (χ2v) is 2.64. The highest BCUT2D eigenvalue weighted by Crippen LogP contribution is 1.90. The molecule has 0 aliphatic heterocycles. The zero-order valence-corrected chi connectivity index (χ0v) is 7.88. The smallest absolute Gasteiger partial charge is 0.319 e. The number of hydrogen-bond donors (Lipinski definition) is 1. The van der Waals surface area contributed by atoms with E-state index in [4.69, 9.17) is 5.73 Å². The summed E-state index contributed by atoms with van der Waals surface area (Å²) < 4.78 is 4.55. The number of rotatable bonds is 6. The molecule has 0 radical (unpaired) electrons. The molecular formula is C8H18N2O2. The van der Waals surface area contributed by atoms with Crippen molar-refractivity contribution in [3.05, 3.63) is 0 Å². The van der Waals surface area contributed by atoms with E-state index >= 15 is 0 Å². The summed E-state index contributed by atoms with van der Waals surface area (Å²) in [6, 6.07) is 0. The quantitative estimate of drug-likeness (QED) is 0.568. The number of carbonyl (C=O) groups is 1. The molecule has 0 fully saturated rings. The zero-order chi connectivity index (χ0) is 9.40. The summed E-state index contributed by atoms with van der Waals surface area (Å²) in [7, 11) is 1.40. The van der Waals surface area contributed by atoms with Gasteiger partial charge in [-0.3, -0.25) is 9.69 Å². The summed E-state index contributed by atoms with van der Waals surface area (Å²) in [5.74, 6) is -0.197. The monoisotopic (exact) mass is 174 g/mol. The molecule has 0 amide bonds. The Labute approximate surface area is 73.7 Å². The molecule has 0 aliphatic rings. The highest BCUT2D eigenvalue weighted by Gasteiger charge is 2.08. The predicted molar refractivity (Wildman–Crippen MR) is 47.8 cm³/mol. The number of esters is 1. The van der Waals surface area contributed by atoms with Crippen LogP contribution in [0.3, 0.4) is 0 Å². The molecule has 0 bridgehead atoms. The number of methoxy groups -OCH3 is 1. The molecule has 0 aliphatic carbocycles. The van der Waals surface area contributed by atoms with Crippen molar-refractivity contribution in [1.82, 2.24) is 4.90 Å². The summed E-state index contributed by atoms with van der Waals surface area (Å²) in [6.45, 7) is 4.65.